The quantitative estimate of drug-likeness (QED) is 0.841. The van der Waals surface area contributed by atoms with E-state index in [0.29, 0.717) is 22.6 Å². The van der Waals surface area contributed by atoms with Crippen LogP contribution in [-0.2, 0) is 0 Å². The van der Waals surface area contributed by atoms with E-state index in [4.69, 9.17) is 11.6 Å². The molecule has 1 fully saturated rings. The molecule has 1 aromatic carbocycles. The van der Waals surface area contributed by atoms with Crippen LogP contribution in [0.15, 0.2) is 36.5 Å². The Bertz CT molecular complexity index is 759. The lowest BCUT2D eigenvalue weighted by Crippen LogP contribution is -2.40. The molecule has 1 heterocycles. The van der Waals surface area contributed by atoms with Crippen LogP contribution < -0.4 is 15.5 Å². The molecule has 0 radical (unpaired) electrons. The molecule has 2 aromatic rings. The van der Waals surface area contributed by atoms with Gasteiger partial charge in [0.15, 0.2) is 0 Å². The van der Waals surface area contributed by atoms with Gasteiger partial charge in [0.1, 0.15) is 5.82 Å². The van der Waals surface area contributed by atoms with E-state index < -0.39 is 0 Å². The molecule has 0 atom stereocenters. The van der Waals surface area contributed by atoms with Crippen molar-refractivity contribution < 1.29 is 4.79 Å². The molecule has 26 heavy (non-hydrogen) atoms. The molecular formula is C19H24ClN5O. The van der Waals surface area contributed by atoms with Gasteiger partial charge in [0, 0.05) is 43.0 Å². The van der Waals surface area contributed by atoms with Gasteiger partial charge >= 0.3 is 0 Å². The van der Waals surface area contributed by atoms with Crippen LogP contribution in [0.5, 0.6) is 0 Å². The van der Waals surface area contributed by atoms with E-state index in [1.165, 1.54) is 0 Å². The summed E-state index contributed by atoms with van der Waals surface area (Å²) in [5.41, 5.74) is 0.603. The molecule has 1 aromatic heterocycles. The molecule has 138 valence electrons. The van der Waals surface area contributed by atoms with Crippen molar-refractivity contribution in [1.82, 2.24) is 15.3 Å². The van der Waals surface area contributed by atoms with Crippen molar-refractivity contribution in [3.8, 4) is 0 Å². The molecule has 1 aliphatic rings. The molecule has 1 amide bonds. The molecule has 0 spiro atoms. The maximum absolute atomic E-state index is 12.3. The lowest BCUT2D eigenvalue weighted by Gasteiger charge is -2.29. The van der Waals surface area contributed by atoms with Crippen molar-refractivity contribution in [2.24, 2.45) is 0 Å². The fourth-order valence-electron chi connectivity index (χ4n) is 3.13. The van der Waals surface area contributed by atoms with Crippen molar-refractivity contribution in [2.45, 2.75) is 37.8 Å². The number of nitrogens with zero attached hydrogens (tertiary/aromatic N) is 3. The average Bonchev–Trinajstić information content (AvgIpc) is 2.63. The first-order valence-electron chi connectivity index (χ1n) is 8.84. The summed E-state index contributed by atoms with van der Waals surface area (Å²) in [7, 11) is 3.92. The summed E-state index contributed by atoms with van der Waals surface area (Å²) in [5, 5.41) is 7.09. The first-order valence-corrected chi connectivity index (χ1v) is 9.22. The molecule has 0 saturated heterocycles. The Kier molecular flexibility index (Phi) is 5.93. The number of hydrogen-bond donors (Lipinski definition) is 2. The molecule has 3 rings (SSSR count). The van der Waals surface area contributed by atoms with Gasteiger partial charge in [0.2, 0.25) is 5.95 Å². The van der Waals surface area contributed by atoms with Crippen molar-refractivity contribution in [3.05, 3.63) is 47.1 Å². The Morgan fingerprint density at radius 1 is 1.15 bits per heavy atom. The van der Waals surface area contributed by atoms with E-state index >= 15 is 0 Å². The predicted octanol–water partition coefficient (Wildman–Crippen LogP) is 3.35. The summed E-state index contributed by atoms with van der Waals surface area (Å²) in [5.74, 6) is 1.47. The molecular weight excluding hydrogens is 350 g/mol. The summed E-state index contributed by atoms with van der Waals surface area (Å²) in [6.45, 7) is 0. The Morgan fingerprint density at radius 2 is 1.88 bits per heavy atom. The first kappa shape index (κ1) is 18.5. The summed E-state index contributed by atoms with van der Waals surface area (Å²) >= 11 is 5.96. The maximum Gasteiger partial charge on any atom is 0.251 e. The molecule has 1 aliphatic carbocycles. The molecule has 0 unspecified atom stereocenters. The predicted molar refractivity (Wildman–Crippen MR) is 105 cm³/mol. The first-order chi connectivity index (χ1) is 12.5. The van der Waals surface area contributed by atoms with Crippen molar-refractivity contribution in [3.63, 3.8) is 0 Å². The van der Waals surface area contributed by atoms with E-state index in [-0.39, 0.29) is 11.9 Å². The second kappa shape index (κ2) is 8.36. The van der Waals surface area contributed by atoms with E-state index in [1.54, 1.807) is 30.5 Å². The van der Waals surface area contributed by atoms with E-state index in [9.17, 15) is 4.79 Å². The number of carbonyl (C=O) groups is 1. The molecule has 0 bridgehead atoms. The highest BCUT2D eigenvalue weighted by atomic mass is 35.5. The number of benzene rings is 1. The lowest BCUT2D eigenvalue weighted by atomic mass is 9.91. The van der Waals surface area contributed by atoms with Crippen LogP contribution >= 0.6 is 11.6 Å². The van der Waals surface area contributed by atoms with Crippen LogP contribution in [0.4, 0.5) is 11.8 Å². The van der Waals surface area contributed by atoms with Gasteiger partial charge in [-0.05, 0) is 49.9 Å². The number of anilines is 2. The molecule has 7 heteroatoms. The van der Waals surface area contributed by atoms with Crippen LogP contribution in [0.2, 0.25) is 5.02 Å². The molecule has 6 nitrogen and oxygen atoms in total. The van der Waals surface area contributed by atoms with Crippen LogP contribution in [0.25, 0.3) is 0 Å². The molecule has 1 saturated carbocycles. The number of amides is 1. The monoisotopic (exact) mass is 373 g/mol. The Balaban J connectivity index is 1.50. The number of rotatable bonds is 5. The summed E-state index contributed by atoms with van der Waals surface area (Å²) in [6, 6.07) is 9.43. The van der Waals surface area contributed by atoms with Gasteiger partial charge in [-0.25, -0.2) is 4.98 Å². The smallest absolute Gasteiger partial charge is 0.251 e. The van der Waals surface area contributed by atoms with E-state index in [2.05, 4.69) is 20.6 Å². The third-order valence-electron chi connectivity index (χ3n) is 4.58. The van der Waals surface area contributed by atoms with E-state index in [1.807, 2.05) is 25.1 Å². The fraction of sp³-hybridized carbons (Fsp3) is 0.421. The van der Waals surface area contributed by atoms with Gasteiger partial charge < -0.3 is 15.5 Å². The highest BCUT2D eigenvalue weighted by molar-refractivity contribution is 6.30. The summed E-state index contributed by atoms with van der Waals surface area (Å²) in [4.78, 5) is 23.1. The van der Waals surface area contributed by atoms with Crippen LogP contribution in [0, 0.1) is 0 Å². The van der Waals surface area contributed by atoms with Gasteiger partial charge in [-0.2, -0.15) is 4.98 Å². The highest BCUT2D eigenvalue weighted by Crippen LogP contribution is 2.22. The third-order valence-corrected chi connectivity index (χ3v) is 4.82. The minimum absolute atomic E-state index is 0.0640. The second-order valence-electron chi connectivity index (χ2n) is 6.81. The number of hydrogen-bond acceptors (Lipinski definition) is 5. The summed E-state index contributed by atoms with van der Waals surface area (Å²) in [6.07, 6.45) is 5.56. The van der Waals surface area contributed by atoms with Gasteiger partial charge in [0.25, 0.3) is 5.91 Å². The minimum Gasteiger partial charge on any atom is -0.363 e. The number of aromatic nitrogens is 2. The number of nitrogens with one attached hydrogen (secondary N) is 2. The molecule has 0 aliphatic heterocycles. The van der Waals surface area contributed by atoms with Gasteiger partial charge in [-0.3, -0.25) is 4.79 Å². The zero-order valence-corrected chi connectivity index (χ0v) is 15.8. The highest BCUT2D eigenvalue weighted by Gasteiger charge is 2.23. The standard InChI is InChI=1S/C19H24ClN5O/c1-25(2)17-10-11-21-19(24-17)23-16-8-6-15(7-9-16)22-18(26)13-4-3-5-14(20)12-13/h3-5,10-12,15-16H,6-9H2,1-2H3,(H,22,26)(H,21,23,24)/t15-,16+. The van der Waals surface area contributed by atoms with Gasteiger partial charge in [-0.15, -0.1) is 0 Å². The van der Waals surface area contributed by atoms with Crippen LogP contribution in [0.3, 0.4) is 0 Å². The SMILES string of the molecule is CN(C)c1ccnc(N[C@H]2CC[C@@H](NC(=O)c3cccc(Cl)c3)CC2)n1. The normalized spacial score (nSPS) is 19.7. The van der Waals surface area contributed by atoms with Crippen LogP contribution in [-0.4, -0.2) is 42.1 Å². The lowest BCUT2D eigenvalue weighted by molar-refractivity contribution is 0.0926. The maximum atomic E-state index is 12.3. The van der Waals surface area contributed by atoms with Gasteiger partial charge in [0.05, 0.1) is 0 Å². The van der Waals surface area contributed by atoms with Crippen LogP contribution in [0.1, 0.15) is 36.0 Å². The minimum atomic E-state index is -0.0640. The largest absolute Gasteiger partial charge is 0.363 e. The Morgan fingerprint density at radius 3 is 2.58 bits per heavy atom. The van der Waals surface area contributed by atoms with E-state index in [0.717, 1.165) is 31.5 Å². The van der Waals surface area contributed by atoms with Crippen molar-refractivity contribution >= 4 is 29.3 Å². The van der Waals surface area contributed by atoms with Crippen molar-refractivity contribution in [1.29, 1.82) is 0 Å². The third kappa shape index (κ3) is 4.85. The van der Waals surface area contributed by atoms with Crippen molar-refractivity contribution in [2.75, 3.05) is 24.3 Å². The molecule has 2 N–H and O–H groups in total. The number of carbonyl (C=O) groups excluding carboxylic acids is 1. The second-order valence-corrected chi connectivity index (χ2v) is 7.25. The zero-order chi connectivity index (χ0) is 18.5. The zero-order valence-electron chi connectivity index (χ0n) is 15.1. The number of halogens is 1. The fourth-order valence-corrected chi connectivity index (χ4v) is 3.32. The Hall–Kier alpha value is -2.34. The topological polar surface area (TPSA) is 70.2 Å². The average molecular weight is 374 g/mol. The Labute approximate surface area is 159 Å². The summed E-state index contributed by atoms with van der Waals surface area (Å²) < 4.78 is 0. The van der Waals surface area contributed by atoms with Gasteiger partial charge in [-0.1, -0.05) is 17.7 Å².